The molecule has 1 heterocycles. The summed E-state index contributed by atoms with van der Waals surface area (Å²) in [6.07, 6.45) is 0. The second-order valence-corrected chi connectivity index (χ2v) is 6.58. The Morgan fingerprint density at radius 2 is 1.22 bits per heavy atom. The fraction of sp³-hybridized carbons (Fsp3) is 0.125. The zero-order valence-electron chi connectivity index (χ0n) is 11.7. The maximum atomic E-state index is 12.7. The molecule has 118 valence electrons. The van der Waals surface area contributed by atoms with Crippen LogP contribution in [0.2, 0.25) is 20.1 Å². The Labute approximate surface area is 152 Å². The van der Waals surface area contributed by atoms with Gasteiger partial charge in [-0.2, -0.15) is 0 Å². The van der Waals surface area contributed by atoms with Gasteiger partial charge < -0.3 is 0 Å². The molecule has 2 aromatic carbocycles. The van der Waals surface area contributed by atoms with Gasteiger partial charge in [0.2, 0.25) is 0 Å². The molecule has 2 aromatic rings. The predicted molar refractivity (Wildman–Crippen MR) is 91.8 cm³/mol. The van der Waals surface area contributed by atoms with Gasteiger partial charge in [-0.05, 0) is 12.5 Å². The van der Waals surface area contributed by atoms with Crippen LogP contribution in [-0.2, 0) is 0 Å². The van der Waals surface area contributed by atoms with Crippen LogP contribution in [0.5, 0.6) is 0 Å². The van der Waals surface area contributed by atoms with E-state index in [0.717, 1.165) is 10.5 Å². The second kappa shape index (κ2) is 5.99. The minimum Gasteiger partial charge on any atom is -0.268 e. The Morgan fingerprint density at radius 1 is 0.783 bits per heavy atom. The van der Waals surface area contributed by atoms with E-state index in [1.807, 2.05) is 30.3 Å². The third-order valence-corrected chi connectivity index (χ3v) is 5.60. The first kappa shape index (κ1) is 16.6. The van der Waals surface area contributed by atoms with E-state index < -0.39 is 17.9 Å². The number of benzene rings is 2. The summed E-state index contributed by atoms with van der Waals surface area (Å²) in [5.41, 5.74) is 0.809. The number of imide groups is 1. The van der Waals surface area contributed by atoms with Crippen molar-refractivity contribution >= 4 is 58.2 Å². The van der Waals surface area contributed by atoms with E-state index in [0.29, 0.717) is 0 Å². The molecule has 3 nitrogen and oxygen atoms in total. The largest absolute Gasteiger partial charge is 0.268 e. The van der Waals surface area contributed by atoms with E-state index in [1.165, 1.54) is 0 Å². The van der Waals surface area contributed by atoms with Crippen molar-refractivity contribution in [1.29, 1.82) is 0 Å². The summed E-state index contributed by atoms with van der Waals surface area (Å²) in [7, 11) is 0. The van der Waals surface area contributed by atoms with Crippen LogP contribution in [0.25, 0.3) is 0 Å². The Hall–Kier alpha value is -1.26. The predicted octanol–water partition coefficient (Wildman–Crippen LogP) is 5.66. The van der Waals surface area contributed by atoms with E-state index >= 15 is 0 Å². The third-order valence-electron chi connectivity index (χ3n) is 3.80. The monoisotopic (exact) mass is 387 g/mol. The van der Waals surface area contributed by atoms with Gasteiger partial charge in [-0.25, -0.2) is 0 Å². The number of hydrogen-bond acceptors (Lipinski definition) is 2. The highest BCUT2D eigenvalue weighted by atomic mass is 35.5. The lowest BCUT2D eigenvalue weighted by Gasteiger charge is -2.22. The lowest BCUT2D eigenvalue weighted by atomic mass is 10.1. The van der Waals surface area contributed by atoms with Gasteiger partial charge in [0.1, 0.15) is 0 Å². The highest BCUT2D eigenvalue weighted by Gasteiger charge is 2.43. The Bertz CT molecular complexity index is 789. The lowest BCUT2D eigenvalue weighted by Crippen LogP contribution is -2.32. The highest BCUT2D eigenvalue weighted by Crippen LogP contribution is 2.46. The number of carbonyl (C=O) groups is 2. The van der Waals surface area contributed by atoms with Crippen LogP contribution in [0.1, 0.15) is 39.2 Å². The zero-order valence-corrected chi connectivity index (χ0v) is 14.8. The van der Waals surface area contributed by atoms with E-state index in [-0.39, 0.29) is 31.2 Å². The summed E-state index contributed by atoms with van der Waals surface area (Å²) in [5.74, 6) is -1.07. The average Bonchev–Trinajstić information content (AvgIpc) is 2.82. The Kier molecular flexibility index (Phi) is 4.32. The van der Waals surface area contributed by atoms with Crippen LogP contribution in [0.3, 0.4) is 0 Å². The van der Waals surface area contributed by atoms with Crippen LogP contribution in [0.15, 0.2) is 30.3 Å². The maximum Gasteiger partial charge on any atom is 0.263 e. The van der Waals surface area contributed by atoms with Gasteiger partial charge in [-0.15, -0.1) is 0 Å². The summed E-state index contributed by atoms with van der Waals surface area (Å²) >= 11 is 24.2. The Balaban J connectivity index is 2.15. The summed E-state index contributed by atoms with van der Waals surface area (Å²) in [6, 6.07) is 8.70. The van der Waals surface area contributed by atoms with Crippen molar-refractivity contribution in [2.24, 2.45) is 0 Å². The molecule has 7 heteroatoms. The average molecular weight is 389 g/mol. The fourth-order valence-corrected chi connectivity index (χ4v) is 3.61. The van der Waals surface area contributed by atoms with Gasteiger partial charge in [0, 0.05) is 0 Å². The standard InChI is InChI=1S/C16H9Cl4NO2/c1-7(8-5-3-2-4-6-8)21-15(22)9-10(16(21)23)12(18)14(20)13(19)11(9)17/h2-7H,1H3/t7-/m0/s1. The highest BCUT2D eigenvalue weighted by molar-refractivity contribution is 6.55. The maximum absolute atomic E-state index is 12.7. The number of nitrogens with zero attached hydrogens (tertiary/aromatic N) is 1. The molecule has 0 unspecified atom stereocenters. The van der Waals surface area contributed by atoms with E-state index in [1.54, 1.807) is 6.92 Å². The Morgan fingerprint density at radius 3 is 1.65 bits per heavy atom. The van der Waals surface area contributed by atoms with Crippen LogP contribution >= 0.6 is 46.4 Å². The molecule has 1 aliphatic rings. The number of amides is 2. The van der Waals surface area contributed by atoms with Crippen LogP contribution < -0.4 is 0 Å². The SMILES string of the molecule is C[C@@H](c1ccccc1)N1C(=O)c2c(Cl)c(Cl)c(Cl)c(Cl)c2C1=O. The number of halogens is 4. The summed E-state index contributed by atoms with van der Waals surface area (Å²) < 4.78 is 0. The summed E-state index contributed by atoms with van der Waals surface area (Å²) in [6.45, 7) is 1.75. The van der Waals surface area contributed by atoms with Gasteiger partial charge in [-0.3, -0.25) is 14.5 Å². The topological polar surface area (TPSA) is 37.4 Å². The normalized spacial score (nSPS) is 15.1. The first-order valence-electron chi connectivity index (χ1n) is 6.65. The van der Waals surface area contributed by atoms with Crippen molar-refractivity contribution in [2.75, 3.05) is 0 Å². The molecule has 0 fully saturated rings. The molecule has 0 aromatic heterocycles. The second-order valence-electron chi connectivity index (χ2n) is 5.07. The van der Waals surface area contributed by atoms with Crippen LogP contribution in [0.4, 0.5) is 0 Å². The van der Waals surface area contributed by atoms with Crippen molar-refractivity contribution in [1.82, 2.24) is 4.90 Å². The van der Waals surface area contributed by atoms with Crippen LogP contribution in [0, 0.1) is 0 Å². The van der Waals surface area contributed by atoms with Crippen molar-refractivity contribution in [3.05, 3.63) is 67.1 Å². The molecule has 23 heavy (non-hydrogen) atoms. The van der Waals surface area contributed by atoms with Crippen molar-refractivity contribution in [2.45, 2.75) is 13.0 Å². The molecule has 0 spiro atoms. The number of rotatable bonds is 2. The molecule has 0 aliphatic carbocycles. The number of hydrogen-bond donors (Lipinski definition) is 0. The number of fused-ring (bicyclic) bond motifs is 1. The molecule has 1 atom stereocenters. The molecule has 0 N–H and O–H groups in total. The first-order chi connectivity index (χ1) is 10.9. The molecule has 3 rings (SSSR count). The van der Waals surface area contributed by atoms with E-state index in [2.05, 4.69) is 0 Å². The molecule has 0 saturated carbocycles. The first-order valence-corrected chi connectivity index (χ1v) is 8.16. The van der Waals surface area contributed by atoms with Gasteiger partial charge in [-0.1, -0.05) is 76.7 Å². The quantitative estimate of drug-likeness (QED) is 0.378. The van der Waals surface area contributed by atoms with Crippen molar-refractivity contribution in [3.8, 4) is 0 Å². The van der Waals surface area contributed by atoms with Crippen molar-refractivity contribution in [3.63, 3.8) is 0 Å². The zero-order chi connectivity index (χ0) is 16.9. The molecular formula is C16H9Cl4NO2. The van der Waals surface area contributed by atoms with Gasteiger partial charge in [0.15, 0.2) is 0 Å². The minimum absolute atomic E-state index is 0.00107. The smallest absolute Gasteiger partial charge is 0.263 e. The minimum atomic E-state index is -0.535. The lowest BCUT2D eigenvalue weighted by molar-refractivity contribution is 0.0595. The molecular weight excluding hydrogens is 380 g/mol. The van der Waals surface area contributed by atoms with Gasteiger partial charge >= 0.3 is 0 Å². The summed E-state index contributed by atoms with van der Waals surface area (Å²) in [4.78, 5) is 26.6. The summed E-state index contributed by atoms with van der Waals surface area (Å²) in [5, 5.41) is -0.186. The molecule has 0 bridgehead atoms. The van der Waals surface area contributed by atoms with Gasteiger partial charge in [0.25, 0.3) is 11.8 Å². The number of carbonyl (C=O) groups excluding carboxylic acids is 2. The third kappa shape index (κ3) is 2.43. The molecule has 1 aliphatic heterocycles. The van der Waals surface area contributed by atoms with Crippen LogP contribution in [-0.4, -0.2) is 16.7 Å². The molecule has 0 saturated heterocycles. The molecule has 2 amide bonds. The van der Waals surface area contributed by atoms with Crippen molar-refractivity contribution < 1.29 is 9.59 Å². The molecule has 0 radical (unpaired) electrons. The van der Waals surface area contributed by atoms with Gasteiger partial charge in [0.05, 0.1) is 37.3 Å². The van der Waals surface area contributed by atoms with E-state index in [4.69, 9.17) is 46.4 Å². The fourth-order valence-electron chi connectivity index (χ4n) is 2.60. The van der Waals surface area contributed by atoms with E-state index in [9.17, 15) is 9.59 Å².